The van der Waals surface area contributed by atoms with Gasteiger partial charge in [0, 0.05) is 58.1 Å². The smallest absolute Gasteiger partial charge is 0.195 e. The molecule has 0 radical (unpaired) electrons. The number of aliphatic imine (C=N–C) groups is 1. The minimum absolute atomic E-state index is 0. The van der Waals surface area contributed by atoms with E-state index in [1.165, 1.54) is 0 Å². The number of halogens is 1. The first-order chi connectivity index (χ1) is 13.0. The number of methoxy groups -OCH3 is 1. The predicted molar refractivity (Wildman–Crippen MR) is 128 cm³/mol. The number of nitrogens with one attached hydrogen (secondary N) is 2. The summed E-state index contributed by atoms with van der Waals surface area (Å²) >= 11 is 0. The number of hydrogen-bond donors (Lipinski definition) is 2. The van der Waals surface area contributed by atoms with Crippen LogP contribution in [0.1, 0.15) is 13.8 Å². The molecule has 1 saturated heterocycles. The van der Waals surface area contributed by atoms with E-state index in [0.717, 1.165) is 56.7 Å². The van der Waals surface area contributed by atoms with Gasteiger partial charge in [0.1, 0.15) is 0 Å². The highest BCUT2D eigenvalue weighted by molar-refractivity contribution is 14.0. The van der Waals surface area contributed by atoms with Crippen LogP contribution in [0.15, 0.2) is 23.2 Å². The molecule has 1 aliphatic rings. The van der Waals surface area contributed by atoms with Crippen LogP contribution in [0.25, 0.3) is 0 Å². The lowest BCUT2D eigenvalue weighted by molar-refractivity contribution is 0.139. The number of hydrogen-bond acceptors (Lipinski definition) is 5. The van der Waals surface area contributed by atoms with Crippen LogP contribution < -0.4 is 20.1 Å². The first-order valence-electron chi connectivity index (χ1n) is 9.75. The molecule has 1 unspecified atom stereocenters. The lowest BCUT2D eigenvalue weighted by Gasteiger charge is -2.34. The second kappa shape index (κ2) is 13.1. The third kappa shape index (κ3) is 8.00. The topological polar surface area (TPSA) is 61.4 Å². The average Bonchev–Trinajstić information content (AvgIpc) is 2.68. The predicted octanol–water partition coefficient (Wildman–Crippen LogP) is 2.58. The van der Waals surface area contributed by atoms with E-state index in [-0.39, 0.29) is 24.0 Å². The van der Waals surface area contributed by atoms with Gasteiger partial charge in [-0.25, -0.2) is 0 Å². The van der Waals surface area contributed by atoms with Crippen molar-refractivity contribution in [2.45, 2.75) is 13.8 Å². The van der Waals surface area contributed by atoms with Gasteiger partial charge in [-0.3, -0.25) is 4.99 Å². The molecule has 0 aromatic heterocycles. The van der Waals surface area contributed by atoms with Crippen LogP contribution in [0.2, 0.25) is 0 Å². The fourth-order valence-electron chi connectivity index (χ4n) is 3.14. The molecule has 1 fully saturated rings. The number of rotatable bonds is 8. The Morgan fingerprint density at radius 1 is 1.21 bits per heavy atom. The summed E-state index contributed by atoms with van der Waals surface area (Å²) < 4.78 is 11.0. The van der Waals surface area contributed by atoms with Crippen molar-refractivity contribution in [1.29, 1.82) is 0 Å². The molecule has 0 aliphatic carbocycles. The zero-order valence-electron chi connectivity index (χ0n) is 17.8. The third-order valence-corrected chi connectivity index (χ3v) is 4.73. The summed E-state index contributed by atoms with van der Waals surface area (Å²) in [5, 5.41) is 6.74. The van der Waals surface area contributed by atoms with Gasteiger partial charge in [-0.15, -0.1) is 24.0 Å². The zero-order chi connectivity index (χ0) is 19.6. The Bertz CT molecular complexity index is 606. The van der Waals surface area contributed by atoms with Gasteiger partial charge in [0.2, 0.25) is 0 Å². The molecule has 2 N–H and O–H groups in total. The molecule has 28 heavy (non-hydrogen) atoms. The largest absolute Gasteiger partial charge is 0.493 e. The van der Waals surface area contributed by atoms with E-state index in [1.807, 2.05) is 25.1 Å². The molecule has 1 aliphatic heterocycles. The number of guanidine groups is 1. The van der Waals surface area contributed by atoms with Gasteiger partial charge < -0.3 is 29.9 Å². The molecular formula is C20H36IN5O2. The molecule has 1 aromatic carbocycles. The summed E-state index contributed by atoms with van der Waals surface area (Å²) in [6.45, 7) is 11.4. The van der Waals surface area contributed by atoms with Crippen molar-refractivity contribution >= 4 is 35.6 Å². The van der Waals surface area contributed by atoms with Gasteiger partial charge in [0.25, 0.3) is 0 Å². The number of anilines is 1. The molecule has 1 atom stereocenters. The number of nitrogens with zero attached hydrogens (tertiary/aromatic N) is 3. The molecule has 1 aromatic rings. The van der Waals surface area contributed by atoms with Crippen molar-refractivity contribution in [2.24, 2.45) is 10.9 Å². The quantitative estimate of drug-likeness (QED) is 0.322. The second-order valence-electron chi connectivity index (χ2n) is 7.09. The highest BCUT2D eigenvalue weighted by Crippen LogP contribution is 2.30. The van der Waals surface area contributed by atoms with Gasteiger partial charge in [-0.05, 0) is 32.0 Å². The SMILES string of the molecule is CCOc1ccc(NC(=NC)NCC(C)CN2CCN(C)CC2)cc1OC.I. The molecule has 8 heteroatoms. The van der Waals surface area contributed by atoms with Crippen molar-refractivity contribution in [3.05, 3.63) is 18.2 Å². The van der Waals surface area contributed by atoms with Crippen LogP contribution in [-0.2, 0) is 0 Å². The lowest BCUT2D eigenvalue weighted by Crippen LogP contribution is -2.47. The Labute approximate surface area is 186 Å². The lowest BCUT2D eigenvalue weighted by atomic mass is 10.1. The monoisotopic (exact) mass is 505 g/mol. The van der Waals surface area contributed by atoms with Crippen molar-refractivity contribution in [2.75, 3.05) is 72.4 Å². The van der Waals surface area contributed by atoms with Gasteiger partial charge in [-0.1, -0.05) is 6.92 Å². The third-order valence-electron chi connectivity index (χ3n) is 4.73. The maximum absolute atomic E-state index is 5.57. The molecule has 0 amide bonds. The van der Waals surface area contributed by atoms with E-state index >= 15 is 0 Å². The number of likely N-dealkylation sites (N-methyl/N-ethyl adjacent to an activating group) is 1. The Hall–Kier alpha value is -1.26. The molecule has 160 valence electrons. The fourth-order valence-corrected chi connectivity index (χ4v) is 3.14. The normalized spacial score (nSPS) is 16.8. The Morgan fingerprint density at radius 2 is 1.93 bits per heavy atom. The summed E-state index contributed by atoms with van der Waals surface area (Å²) in [6.07, 6.45) is 0. The molecule has 0 saturated carbocycles. The summed E-state index contributed by atoms with van der Waals surface area (Å²) in [5.41, 5.74) is 0.912. The summed E-state index contributed by atoms with van der Waals surface area (Å²) in [4.78, 5) is 9.26. The molecule has 2 rings (SSSR count). The van der Waals surface area contributed by atoms with Crippen molar-refractivity contribution in [3.63, 3.8) is 0 Å². The van der Waals surface area contributed by atoms with E-state index < -0.39 is 0 Å². The van der Waals surface area contributed by atoms with Crippen LogP contribution in [0.5, 0.6) is 11.5 Å². The Morgan fingerprint density at radius 3 is 2.54 bits per heavy atom. The minimum Gasteiger partial charge on any atom is -0.493 e. The van der Waals surface area contributed by atoms with Crippen molar-refractivity contribution in [3.8, 4) is 11.5 Å². The van der Waals surface area contributed by atoms with Crippen LogP contribution in [-0.4, -0.2) is 82.8 Å². The minimum atomic E-state index is 0. The standard InChI is InChI=1S/C20H35N5O2.HI/c1-6-27-18-8-7-17(13-19(18)26-5)23-20(21-3)22-14-16(2)15-25-11-9-24(4)10-12-25;/h7-8,13,16H,6,9-12,14-15H2,1-5H3,(H2,21,22,23);1H. The van der Waals surface area contributed by atoms with Gasteiger partial charge in [-0.2, -0.15) is 0 Å². The molecule has 0 spiro atoms. The van der Waals surface area contributed by atoms with E-state index in [2.05, 4.69) is 39.4 Å². The average molecular weight is 505 g/mol. The van der Waals surface area contributed by atoms with Gasteiger partial charge in [0.05, 0.1) is 13.7 Å². The Kier molecular flexibility index (Phi) is 11.6. The maximum Gasteiger partial charge on any atom is 0.195 e. The van der Waals surface area contributed by atoms with Gasteiger partial charge in [0.15, 0.2) is 17.5 Å². The van der Waals surface area contributed by atoms with Crippen LogP contribution in [0.4, 0.5) is 5.69 Å². The van der Waals surface area contributed by atoms with Crippen molar-refractivity contribution in [1.82, 2.24) is 15.1 Å². The van der Waals surface area contributed by atoms with Crippen molar-refractivity contribution < 1.29 is 9.47 Å². The highest BCUT2D eigenvalue weighted by atomic mass is 127. The van der Waals surface area contributed by atoms with E-state index in [0.29, 0.717) is 18.3 Å². The summed E-state index contributed by atoms with van der Waals surface area (Å²) in [5.74, 6) is 2.75. The van der Waals surface area contributed by atoms with Crippen LogP contribution >= 0.6 is 24.0 Å². The van der Waals surface area contributed by atoms with E-state index in [1.54, 1.807) is 14.2 Å². The maximum atomic E-state index is 5.57. The Balaban J connectivity index is 0.00000392. The second-order valence-corrected chi connectivity index (χ2v) is 7.09. The molecule has 0 bridgehead atoms. The van der Waals surface area contributed by atoms with Gasteiger partial charge >= 0.3 is 0 Å². The van der Waals surface area contributed by atoms with E-state index in [9.17, 15) is 0 Å². The summed E-state index contributed by atoms with van der Waals surface area (Å²) in [7, 11) is 5.62. The van der Waals surface area contributed by atoms with Crippen LogP contribution in [0.3, 0.4) is 0 Å². The van der Waals surface area contributed by atoms with Crippen LogP contribution in [0, 0.1) is 5.92 Å². The van der Waals surface area contributed by atoms with E-state index in [4.69, 9.17) is 9.47 Å². The highest BCUT2D eigenvalue weighted by Gasteiger charge is 2.16. The number of piperazine rings is 1. The first-order valence-corrected chi connectivity index (χ1v) is 9.75. The summed E-state index contributed by atoms with van der Waals surface area (Å²) in [6, 6.07) is 5.80. The number of ether oxygens (including phenoxy) is 2. The number of benzene rings is 1. The zero-order valence-corrected chi connectivity index (χ0v) is 20.2. The molecule has 7 nitrogen and oxygen atoms in total. The fraction of sp³-hybridized carbons (Fsp3) is 0.650. The molecule has 1 heterocycles. The first kappa shape index (κ1) is 24.8. The molecular weight excluding hydrogens is 469 g/mol.